The van der Waals surface area contributed by atoms with E-state index in [4.69, 9.17) is 29.0 Å². The van der Waals surface area contributed by atoms with Gasteiger partial charge < -0.3 is 11.5 Å². The number of carbonyl (C=O) groups excluding carboxylic acids is 2. The molecule has 2 atom stereocenters. The second-order valence-electron chi connectivity index (χ2n) is 23.1. The van der Waals surface area contributed by atoms with Gasteiger partial charge in [0.2, 0.25) is 11.8 Å². The van der Waals surface area contributed by atoms with Gasteiger partial charge in [-0.25, -0.2) is 0 Å². The second-order valence-corrected chi connectivity index (χ2v) is 24.0. The lowest BCUT2D eigenvalue weighted by Gasteiger charge is -2.39. The van der Waals surface area contributed by atoms with E-state index >= 15 is 0 Å². The summed E-state index contributed by atoms with van der Waals surface area (Å²) in [7, 11) is -4.67. The van der Waals surface area contributed by atoms with Crippen LogP contribution in [0, 0.1) is 22.7 Å². The number of primary amides is 2. The number of unbranched alkanes of at least 4 members (excludes halogenated alkanes) is 34. The predicted octanol–water partition coefficient (Wildman–Crippen LogP) is 21.2. The standard InChI is InChI=1S/2C32H65NO.H2O4S/c2*1-5-9-13-14-15-16-17-18-19-20-21-22-23-24-25-27-30(26-10-6-2)32(31(33)34,28-11-7-3)29-12-8-4;1-5(2,3)4/h2*30H,5-29H2,1-4H3,(H2,33,34);(H2,1,2,3,4). The fourth-order valence-electron chi connectivity index (χ4n) is 11.7. The molecule has 0 aromatic rings. The molecule has 0 aromatic heterocycles. The van der Waals surface area contributed by atoms with E-state index in [2.05, 4.69) is 55.4 Å². The molecular weight excluding hydrogens is 925 g/mol. The van der Waals surface area contributed by atoms with Crippen molar-refractivity contribution in [2.24, 2.45) is 34.1 Å². The Morgan fingerprint density at radius 1 is 0.301 bits per heavy atom. The van der Waals surface area contributed by atoms with Crippen LogP contribution in [0.3, 0.4) is 0 Å². The lowest BCUT2D eigenvalue weighted by Crippen LogP contribution is -2.43. The maximum atomic E-state index is 12.8. The minimum atomic E-state index is -4.67. The van der Waals surface area contributed by atoms with Crippen molar-refractivity contribution in [1.29, 1.82) is 0 Å². The van der Waals surface area contributed by atoms with Gasteiger partial charge in [0.05, 0.1) is 10.8 Å². The van der Waals surface area contributed by atoms with Crippen molar-refractivity contribution >= 4 is 22.2 Å². The van der Waals surface area contributed by atoms with Gasteiger partial charge in [0.25, 0.3) is 0 Å². The summed E-state index contributed by atoms with van der Waals surface area (Å²) in [5.74, 6) is 0.975. The van der Waals surface area contributed by atoms with Crippen LogP contribution in [0.15, 0.2) is 0 Å². The minimum absolute atomic E-state index is 0.00328. The predicted molar refractivity (Wildman–Crippen MR) is 321 cm³/mol. The first-order valence-corrected chi connectivity index (χ1v) is 33.9. The molecule has 8 nitrogen and oxygen atoms in total. The zero-order valence-electron chi connectivity index (χ0n) is 50.6. The number of hydrogen-bond donors (Lipinski definition) is 4. The van der Waals surface area contributed by atoms with Crippen molar-refractivity contribution < 1.29 is 27.1 Å². The van der Waals surface area contributed by atoms with Crippen LogP contribution < -0.4 is 11.5 Å². The molecule has 0 bridgehead atoms. The van der Waals surface area contributed by atoms with E-state index in [1.807, 2.05) is 0 Å². The van der Waals surface area contributed by atoms with E-state index in [1.54, 1.807) is 0 Å². The summed E-state index contributed by atoms with van der Waals surface area (Å²) in [5.41, 5.74) is 11.8. The normalized spacial score (nSPS) is 12.7. The number of rotatable bonds is 54. The average Bonchev–Trinajstić information content (AvgIpc) is 3.35. The Morgan fingerprint density at radius 3 is 0.616 bits per heavy atom. The summed E-state index contributed by atoms with van der Waals surface area (Å²) < 4.78 is 31.6. The molecule has 0 heterocycles. The van der Waals surface area contributed by atoms with Gasteiger partial charge in [-0.05, 0) is 63.2 Å². The van der Waals surface area contributed by atoms with E-state index in [1.165, 1.54) is 244 Å². The van der Waals surface area contributed by atoms with Gasteiger partial charge in [0.1, 0.15) is 0 Å². The van der Waals surface area contributed by atoms with Gasteiger partial charge in [-0.15, -0.1) is 0 Å². The highest BCUT2D eigenvalue weighted by atomic mass is 32.3. The highest BCUT2D eigenvalue weighted by Crippen LogP contribution is 2.45. The largest absolute Gasteiger partial charge is 0.394 e. The Kier molecular flexibility index (Phi) is 57.9. The molecule has 0 fully saturated rings. The first-order chi connectivity index (χ1) is 35.2. The summed E-state index contributed by atoms with van der Waals surface area (Å²) in [4.78, 5) is 25.6. The summed E-state index contributed by atoms with van der Waals surface area (Å²) in [5, 5.41) is 0. The Morgan fingerprint density at radius 2 is 0.452 bits per heavy atom. The first-order valence-electron chi connectivity index (χ1n) is 32.5. The van der Waals surface area contributed by atoms with Crippen molar-refractivity contribution in [3.05, 3.63) is 0 Å². The fraction of sp³-hybridized carbons (Fsp3) is 0.969. The maximum absolute atomic E-state index is 12.8. The third-order valence-corrected chi connectivity index (χ3v) is 16.6. The van der Waals surface area contributed by atoms with Gasteiger partial charge >= 0.3 is 10.4 Å². The molecule has 0 rings (SSSR count). The van der Waals surface area contributed by atoms with Crippen LogP contribution in [-0.2, 0) is 20.0 Å². The molecule has 2 unspecified atom stereocenters. The molecule has 0 aromatic carbocycles. The van der Waals surface area contributed by atoms with E-state index in [0.29, 0.717) is 11.8 Å². The topological polar surface area (TPSA) is 161 Å². The zero-order valence-corrected chi connectivity index (χ0v) is 51.4. The number of amides is 2. The molecule has 0 aliphatic heterocycles. The smallest absolute Gasteiger partial charge is 0.369 e. The van der Waals surface area contributed by atoms with Crippen LogP contribution in [0.1, 0.15) is 376 Å². The van der Waals surface area contributed by atoms with Crippen LogP contribution in [-0.4, -0.2) is 29.3 Å². The summed E-state index contributed by atoms with van der Waals surface area (Å²) >= 11 is 0. The van der Waals surface area contributed by atoms with Crippen molar-refractivity contribution in [2.75, 3.05) is 0 Å². The Labute approximate surface area is 457 Å². The van der Waals surface area contributed by atoms with Gasteiger partial charge in [-0.1, -0.05) is 325 Å². The van der Waals surface area contributed by atoms with Crippen molar-refractivity contribution in [1.82, 2.24) is 0 Å². The lowest BCUT2D eigenvalue weighted by atomic mass is 9.65. The molecule has 0 saturated heterocycles. The minimum Gasteiger partial charge on any atom is -0.369 e. The summed E-state index contributed by atoms with van der Waals surface area (Å²) in [6.45, 7) is 18.1. The number of nitrogens with two attached hydrogens (primary N) is 2. The third kappa shape index (κ3) is 46.6. The fourth-order valence-corrected chi connectivity index (χ4v) is 11.7. The molecule has 0 spiro atoms. The van der Waals surface area contributed by atoms with E-state index in [0.717, 1.165) is 77.0 Å². The molecule has 0 aliphatic carbocycles. The zero-order chi connectivity index (χ0) is 55.2. The van der Waals surface area contributed by atoms with Gasteiger partial charge in [-0.3, -0.25) is 18.7 Å². The van der Waals surface area contributed by atoms with Crippen LogP contribution in [0.25, 0.3) is 0 Å². The maximum Gasteiger partial charge on any atom is 0.394 e. The molecular formula is C64H132N2O6S. The Balaban J connectivity index is -0.00000123. The average molecular weight is 1060 g/mol. The molecule has 2 amide bonds. The van der Waals surface area contributed by atoms with E-state index in [-0.39, 0.29) is 22.6 Å². The molecule has 0 saturated carbocycles. The summed E-state index contributed by atoms with van der Waals surface area (Å²) in [6.07, 6.45) is 65.0. The van der Waals surface area contributed by atoms with Crippen LogP contribution in [0.2, 0.25) is 0 Å². The molecule has 0 radical (unpaired) electrons. The van der Waals surface area contributed by atoms with Crippen LogP contribution in [0.5, 0.6) is 0 Å². The Hall–Kier alpha value is -1.19. The van der Waals surface area contributed by atoms with Crippen LogP contribution >= 0.6 is 0 Å². The molecule has 440 valence electrons. The van der Waals surface area contributed by atoms with Crippen molar-refractivity contribution in [3.8, 4) is 0 Å². The monoisotopic (exact) mass is 1060 g/mol. The lowest BCUT2D eigenvalue weighted by molar-refractivity contribution is -0.133. The highest BCUT2D eigenvalue weighted by Gasteiger charge is 2.43. The van der Waals surface area contributed by atoms with E-state index in [9.17, 15) is 9.59 Å². The quantitative estimate of drug-likeness (QED) is 0.0350. The second kappa shape index (κ2) is 55.6. The molecule has 73 heavy (non-hydrogen) atoms. The highest BCUT2D eigenvalue weighted by molar-refractivity contribution is 7.79. The summed E-state index contributed by atoms with van der Waals surface area (Å²) in [6, 6.07) is 0. The van der Waals surface area contributed by atoms with E-state index < -0.39 is 10.4 Å². The van der Waals surface area contributed by atoms with Crippen molar-refractivity contribution in [2.45, 2.75) is 376 Å². The van der Waals surface area contributed by atoms with Gasteiger partial charge in [0, 0.05) is 0 Å². The first kappa shape index (κ1) is 76.0. The number of carbonyl (C=O) groups is 2. The SMILES string of the molecule is CCCCCCCCCCCCCCCCCC(CCCC)C(CCCC)(CCCC)C(N)=O.CCCCCCCCCCCCCCCCCC(CCCC)C(CCCC)(CCCC)C(N)=O.O=S(=O)(O)O. The molecule has 6 N–H and O–H groups in total. The molecule has 0 aliphatic rings. The third-order valence-electron chi connectivity index (χ3n) is 16.6. The van der Waals surface area contributed by atoms with Gasteiger partial charge in [0.15, 0.2) is 0 Å². The number of hydrogen-bond acceptors (Lipinski definition) is 4. The van der Waals surface area contributed by atoms with Crippen LogP contribution in [0.4, 0.5) is 0 Å². The van der Waals surface area contributed by atoms with Gasteiger partial charge in [-0.2, -0.15) is 8.42 Å². The Bertz CT molecular complexity index is 1160. The van der Waals surface area contributed by atoms with Crippen molar-refractivity contribution in [3.63, 3.8) is 0 Å². The molecule has 9 heteroatoms.